The summed E-state index contributed by atoms with van der Waals surface area (Å²) in [5.74, 6) is -1.39. The van der Waals surface area contributed by atoms with Crippen LogP contribution in [0.5, 0.6) is 0 Å². The van der Waals surface area contributed by atoms with Gasteiger partial charge in [-0.05, 0) is 57.3 Å². The summed E-state index contributed by atoms with van der Waals surface area (Å²) in [6, 6.07) is 0. The number of rotatable bonds is 73. The zero-order valence-corrected chi connectivity index (χ0v) is 62.4. The highest BCUT2D eigenvalue weighted by molar-refractivity contribution is 7.47. The number of aliphatic hydroxyl groups is 1. The van der Waals surface area contributed by atoms with Crippen LogP contribution < -0.4 is 0 Å². The fourth-order valence-electron chi connectivity index (χ4n) is 11.0. The molecule has 0 aliphatic carbocycles. The first-order chi connectivity index (χ1) is 45.5. The van der Waals surface area contributed by atoms with Gasteiger partial charge in [-0.2, -0.15) is 0 Å². The molecule has 0 radical (unpaired) electrons. The van der Waals surface area contributed by atoms with Crippen molar-refractivity contribution in [3.8, 4) is 0 Å². The van der Waals surface area contributed by atoms with Crippen molar-refractivity contribution in [2.45, 2.75) is 387 Å². The monoisotopic (exact) mass is 1380 g/mol. The van der Waals surface area contributed by atoms with Crippen LogP contribution in [-0.4, -0.2) is 96.7 Å². The van der Waals surface area contributed by atoms with Crippen LogP contribution in [0, 0.1) is 5.92 Å². The van der Waals surface area contributed by atoms with Crippen LogP contribution in [0.15, 0.2) is 24.3 Å². The second-order valence-corrected chi connectivity index (χ2v) is 29.7. The van der Waals surface area contributed by atoms with Gasteiger partial charge < -0.3 is 33.8 Å². The third kappa shape index (κ3) is 68.1. The summed E-state index contributed by atoms with van der Waals surface area (Å²) in [7, 11) is -9.92. The van der Waals surface area contributed by atoms with E-state index in [-0.39, 0.29) is 25.7 Å². The Morgan fingerprint density at radius 3 is 0.872 bits per heavy atom. The molecule has 0 aliphatic heterocycles. The molecule has 0 saturated carbocycles. The molecule has 0 aromatic carbocycles. The summed E-state index contributed by atoms with van der Waals surface area (Å²) in [5, 5.41) is 10.6. The predicted octanol–water partition coefficient (Wildman–Crippen LogP) is 21.6. The highest BCUT2D eigenvalue weighted by Crippen LogP contribution is 2.45. The van der Waals surface area contributed by atoms with E-state index in [1.54, 1.807) is 0 Å². The number of unbranched alkanes of at least 4 members (excludes halogenated alkanes) is 42. The highest BCUT2D eigenvalue weighted by atomic mass is 31.2. The van der Waals surface area contributed by atoms with Gasteiger partial charge in [0.15, 0.2) is 12.2 Å². The third-order valence-corrected chi connectivity index (χ3v) is 18.8. The van der Waals surface area contributed by atoms with Crippen molar-refractivity contribution < 1.29 is 80.2 Å². The molecule has 0 rings (SSSR count). The van der Waals surface area contributed by atoms with Crippen molar-refractivity contribution in [2.75, 3.05) is 39.6 Å². The number of hydrogen-bond donors (Lipinski definition) is 3. The van der Waals surface area contributed by atoms with Crippen LogP contribution >= 0.6 is 15.6 Å². The number of carbonyl (C=O) groups is 4. The number of phosphoric acid groups is 2. The maximum Gasteiger partial charge on any atom is 0.472 e. The molecule has 0 saturated heterocycles. The highest BCUT2D eigenvalue weighted by Gasteiger charge is 2.30. The molecule has 5 atom stereocenters. The van der Waals surface area contributed by atoms with E-state index in [0.29, 0.717) is 25.7 Å². The average molecular weight is 1380 g/mol. The van der Waals surface area contributed by atoms with Gasteiger partial charge in [-0.15, -0.1) is 0 Å². The fourth-order valence-corrected chi connectivity index (χ4v) is 12.6. The molecule has 0 aromatic heterocycles. The van der Waals surface area contributed by atoms with Gasteiger partial charge in [0.25, 0.3) is 0 Å². The second-order valence-electron chi connectivity index (χ2n) is 26.8. The van der Waals surface area contributed by atoms with Crippen molar-refractivity contribution in [3.05, 3.63) is 24.3 Å². The minimum absolute atomic E-state index is 0.0857. The Morgan fingerprint density at radius 2 is 0.574 bits per heavy atom. The molecule has 0 aliphatic rings. The normalized spacial score (nSPS) is 14.1. The number of allylic oxidation sites excluding steroid dienone is 4. The van der Waals surface area contributed by atoms with Crippen LogP contribution in [0.3, 0.4) is 0 Å². The lowest BCUT2D eigenvalue weighted by Gasteiger charge is -2.21. The Kier molecular flexibility index (Phi) is 65.9. The van der Waals surface area contributed by atoms with Crippen molar-refractivity contribution in [1.82, 2.24) is 0 Å². The molecule has 3 N–H and O–H groups in total. The van der Waals surface area contributed by atoms with Gasteiger partial charge in [-0.25, -0.2) is 9.13 Å². The number of carbonyl (C=O) groups excluding carboxylic acids is 4. The SMILES string of the molecule is CCCCCC/C=C\C=C/CCCCCCCC(=O)O[C@H](COC(=O)CCCCCCCCCCCCCCCCC)COP(=O)(O)OC[C@@H](O)COP(=O)(O)OC[C@@H](COC(=O)CCCCCCCCCCCCC)OC(=O)CCCCCCCCCCCCC(C)C. The second kappa shape index (κ2) is 67.7. The van der Waals surface area contributed by atoms with Gasteiger partial charge in [0.2, 0.25) is 0 Å². The Morgan fingerprint density at radius 1 is 0.330 bits per heavy atom. The number of ether oxygens (including phenoxy) is 4. The molecular weight excluding hydrogens is 1230 g/mol. The maximum absolute atomic E-state index is 13.1. The van der Waals surface area contributed by atoms with E-state index in [1.165, 1.54) is 180 Å². The number of aliphatic hydroxyl groups excluding tert-OH is 1. The lowest BCUT2D eigenvalue weighted by molar-refractivity contribution is -0.161. The zero-order valence-electron chi connectivity index (χ0n) is 60.6. The van der Waals surface area contributed by atoms with E-state index in [0.717, 1.165) is 109 Å². The van der Waals surface area contributed by atoms with Crippen molar-refractivity contribution in [3.63, 3.8) is 0 Å². The molecule has 0 heterocycles. The first-order valence-corrected chi connectivity index (χ1v) is 41.4. The van der Waals surface area contributed by atoms with E-state index in [2.05, 4.69) is 58.9 Å². The summed E-state index contributed by atoms with van der Waals surface area (Å²) < 4.78 is 68.4. The first-order valence-electron chi connectivity index (χ1n) is 38.5. The largest absolute Gasteiger partial charge is 0.472 e. The molecule has 0 aromatic rings. The molecule has 2 unspecified atom stereocenters. The van der Waals surface area contributed by atoms with Gasteiger partial charge in [-0.3, -0.25) is 37.3 Å². The third-order valence-electron chi connectivity index (χ3n) is 16.9. The summed E-state index contributed by atoms with van der Waals surface area (Å²) in [5.41, 5.74) is 0. The smallest absolute Gasteiger partial charge is 0.462 e. The van der Waals surface area contributed by atoms with Gasteiger partial charge in [0.1, 0.15) is 19.3 Å². The molecule has 554 valence electrons. The molecule has 0 fully saturated rings. The minimum Gasteiger partial charge on any atom is -0.462 e. The number of hydrogen-bond acceptors (Lipinski definition) is 15. The Hall–Kier alpha value is -2.46. The molecule has 0 bridgehead atoms. The van der Waals surface area contributed by atoms with Crippen LogP contribution in [0.25, 0.3) is 0 Å². The molecular formula is C75H142O17P2. The number of esters is 4. The lowest BCUT2D eigenvalue weighted by Crippen LogP contribution is -2.30. The minimum atomic E-state index is -4.96. The van der Waals surface area contributed by atoms with E-state index in [1.807, 2.05) is 0 Å². The quantitative estimate of drug-likeness (QED) is 0.0169. The Bertz CT molecular complexity index is 1900. The zero-order chi connectivity index (χ0) is 69.1. The first kappa shape index (κ1) is 91.5. The maximum atomic E-state index is 13.1. The van der Waals surface area contributed by atoms with Crippen molar-refractivity contribution in [2.24, 2.45) is 5.92 Å². The van der Waals surface area contributed by atoms with E-state index in [4.69, 9.17) is 37.0 Å². The Balaban J connectivity index is 5.29. The van der Waals surface area contributed by atoms with Crippen molar-refractivity contribution in [1.29, 1.82) is 0 Å². The van der Waals surface area contributed by atoms with Crippen LogP contribution in [0.4, 0.5) is 0 Å². The van der Waals surface area contributed by atoms with E-state index >= 15 is 0 Å². The summed E-state index contributed by atoms with van der Waals surface area (Å²) in [6.45, 7) is 7.21. The summed E-state index contributed by atoms with van der Waals surface area (Å²) >= 11 is 0. The topological polar surface area (TPSA) is 237 Å². The van der Waals surface area contributed by atoms with Gasteiger partial charge in [-0.1, -0.05) is 316 Å². The van der Waals surface area contributed by atoms with Crippen LogP contribution in [0.1, 0.15) is 369 Å². The standard InChI is InChI=1S/C75H142O17P2/c1-6-9-12-15-18-21-24-26-28-30-33-39-44-49-54-59-73(78)86-65-70(91-74(79)60-55-50-45-40-34-31-29-27-25-22-19-16-13-10-7-2)66-89-93(81,82)87-62-69(76)63-88-94(83,84)90-67-71(64-85-72(77)58-53-48-43-38-32-23-20-17-14-11-8-3)92-75(80)61-56-51-46-41-36-35-37-42-47-52-57-68(4)5/h22,25,27,29,68-71,76H,6-21,23-24,26,28,30-67H2,1-5H3,(H,81,82)(H,83,84)/b25-22-,29-27-/t69-,70-,71-/m1/s1. The van der Waals surface area contributed by atoms with Crippen LogP contribution in [-0.2, 0) is 65.4 Å². The molecule has 19 heteroatoms. The van der Waals surface area contributed by atoms with Crippen molar-refractivity contribution >= 4 is 39.5 Å². The molecule has 0 spiro atoms. The van der Waals surface area contributed by atoms with E-state index < -0.39 is 97.5 Å². The van der Waals surface area contributed by atoms with Gasteiger partial charge in [0, 0.05) is 25.7 Å². The summed E-state index contributed by atoms with van der Waals surface area (Å²) in [4.78, 5) is 72.8. The molecule has 0 amide bonds. The van der Waals surface area contributed by atoms with Gasteiger partial charge in [0.05, 0.1) is 26.4 Å². The van der Waals surface area contributed by atoms with Crippen LogP contribution in [0.2, 0.25) is 0 Å². The fraction of sp³-hybridized carbons (Fsp3) is 0.893. The number of phosphoric ester groups is 2. The Labute approximate surface area is 573 Å². The summed E-state index contributed by atoms with van der Waals surface area (Å²) in [6.07, 6.45) is 58.9. The lowest BCUT2D eigenvalue weighted by atomic mass is 10.0. The van der Waals surface area contributed by atoms with E-state index in [9.17, 15) is 43.2 Å². The molecule has 94 heavy (non-hydrogen) atoms. The van der Waals surface area contributed by atoms with Gasteiger partial charge >= 0.3 is 39.5 Å². The average Bonchev–Trinajstić information content (AvgIpc) is 2.25. The molecule has 17 nitrogen and oxygen atoms in total. The predicted molar refractivity (Wildman–Crippen MR) is 381 cm³/mol.